The predicted molar refractivity (Wildman–Crippen MR) is 107 cm³/mol. The molecule has 0 saturated carbocycles. The van der Waals surface area contributed by atoms with Crippen LogP contribution < -0.4 is 5.32 Å². The van der Waals surface area contributed by atoms with Gasteiger partial charge >= 0.3 is 0 Å². The summed E-state index contributed by atoms with van der Waals surface area (Å²) in [5, 5.41) is 5.73. The van der Waals surface area contributed by atoms with Crippen LogP contribution >= 0.6 is 22.9 Å². The summed E-state index contributed by atoms with van der Waals surface area (Å²) in [6, 6.07) is 22.3. The summed E-state index contributed by atoms with van der Waals surface area (Å²) in [6.45, 7) is 0. The highest BCUT2D eigenvalue weighted by Gasteiger charge is 2.15. The number of hydrogen-bond acceptors (Lipinski definition) is 4. The van der Waals surface area contributed by atoms with Gasteiger partial charge in [0.25, 0.3) is 0 Å². The minimum Gasteiger partial charge on any atom is -0.354 e. The largest absolute Gasteiger partial charge is 0.354 e. The molecule has 0 amide bonds. The highest BCUT2D eigenvalue weighted by Crippen LogP contribution is 2.40. The van der Waals surface area contributed by atoms with Gasteiger partial charge in [0, 0.05) is 16.5 Å². The normalized spacial score (nSPS) is 11.4. The van der Waals surface area contributed by atoms with E-state index in [1.165, 1.54) is 11.3 Å². The van der Waals surface area contributed by atoms with Crippen molar-refractivity contribution in [1.82, 2.24) is 9.97 Å². The fraction of sp³-hybridized carbons (Fsp3) is 0. The van der Waals surface area contributed by atoms with Gasteiger partial charge < -0.3 is 5.32 Å². The Morgan fingerprint density at radius 1 is 0.760 bits per heavy atom. The standard InChI is InChI=1S/C20H12ClN3S/c21-20-24-16-11-10-15-17(19(16)25-20)18(22-12-6-2-1-3-7-12)13-8-4-5-9-14(13)23-15/h1-11H,(H,22,23). The Balaban J connectivity index is 1.93. The lowest BCUT2D eigenvalue weighted by atomic mass is 10.1. The van der Waals surface area contributed by atoms with E-state index in [0.29, 0.717) is 4.47 Å². The molecule has 1 N–H and O–H groups in total. The quantitative estimate of drug-likeness (QED) is 0.370. The number of anilines is 2. The second-order valence-corrected chi connectivity index (χ2v) is 7.35. The van der Waals surface area contributed by atoms with Crippen LogP contribution in [0.3, 0.4) is 0 Å². The lowest BCUT2D eigenvalue weighted by molar-refractivity contribution is 1.47. The number of pyridine rings is 1. The second-order valence-electron chi connectivity index (χ2n) is 5.77. The minimum absolute atomic E-state index is 0.543. The molecule has 0 saturated heterocycles. The molecule has 5 aromatic rings. The molecular formula is C20H12ClN3S. The third-order valence-corrected chi connectivity index (χ3v) is 5.41. The third kappa shape index (κ3) is 2.42. The van der Waals surface area contributed by atoms with Crippen LogP contribution in [-0.2, 0) is 0 Å². The van der Waals surface area contributed by atoms with Crippen molar-refractivity contribution < 1.29 is 0 Å². The SMILES string of the molecule is Clc1nc2ccc3nc4ccccc4c(Nc4ccccc4)c3c2s1. The molecule has 25 heavy (non-hydrogen) atoms. The number of aromatic nitrogens is 2. The number of benzene rings is 3. The number of nitrogens with one attached hydrogen (secondary N) is 1. The minimum atomic E-state index is 0.543. The molecule has 0 unspecified atom stereocenters. The smallest absolute Gasteiger partial charge is 0.184 e. The van der Waals surface area contributed by atoms with Crippen LogP contribution in [0.5, 0.6) is 0 Å². The lowest BCUT2D eigenvalue weighted by Gasteiger charge is -2.13. The molecule has 0 spiro atoms. The summed E-state index contributed by atoms with van der Waals surface area (Å²) in [7, 11) is 0. The highest BCUT2D eigenvalue weighted by molar-refractivity contribution is 7.23. The monoisotopic (exact) mass is 361 g/mol. The van der Waals surface area contributed by atoms with Gasteiger partial charge in [-0.2, -0.15) is 0 Å². The Labute approximate surface area is 152 Å². The van der Waals surface area contributed by atoms with Crippen molar-refractivity contribution >= 4 is 66.3 Å². The molecule has 0 fully saturated rings. The van der Waals surface area contributed by atoms with Crippen LogP contribution in [0.15, 0.2) is 66.7 Å². The van der Waals surface area contributed by atoms with Crippen molar-refractivity contribution in [3.63, 3.8) is 0 Å². The van der Waals surface area contributed by atoms with E-state index in [2.05, 4.69) is 28.5 Å². The zero-order valence-electron chi connectivity index (χ0n) is 13.0. The first-order valence-corrected chi connectivity index (χ1v) is 9.08. The van der Waals surface area contributed by atoms with Gasteiger partial charge in [-0.3, -0.25) is 0 Å². The molecule has 0 atom stereocenters. The van der Waals surface area contributed by atoms with Crippen LogP contribution in [0.25, 0.3) is 32.0 Å². The summed E-state index contributed by atoms with van der Waals surface area (Å²) >= 11 is 7.67. The fourth-order valence-electron chi connectivity index (χ4n) is 3.13. The van der Waals surface area contributed by atoms with Gasteiger partial charge in [0.15, 0.2) is 4.47 Å². The average molecular weight is 362 g/mol. The maximum atomic E-state index is 6.18. The molecule has 2 heterocycles. The van der Waals surface area contributed by atoms with E-state index in [-0.39, 0.29) is 0 Å². The van der Waals surface area contributed by atoms with Gasteiger partial charge in [-0.05, 0) is 30.3 Å². The molecule has 3 aromatic carbocycles. The Hall–Kier alpha value is -2.69. The van der Waals surface area contributed by atoms with Crippen molar-refractivity contribution in [3.05, 3.63) is 71.2 Å². The summed E-state index contributed by atoms with van der Waals surface area (Å²) in [5.41, 5.74) is 4.87. The number of para-hydroxylation sites is 2. The number of thiazole rings is 1. The van der Waals surface area contributed by atoms with Crippen LogP contribution in [-0.4, -0.2) is 9.97 Å². The van der Waals surface area contributed by atoms with Gasteiger partial charge in [-0.25, -0.2) is 9.97 Å². The van der Waals surface area contributed by atoms with Crippen molar-refractivity contribution in [2.45, 2.75) is 0 Å². The number of hydrogen-bond donors (Lipinski definition) is 1. The van der Waals surface area contributed by atoms with Crippen molar-refractivity contribution in [2.24, 2.45) is 0 Å². The fourth-order valence-corrected chi connectivity index (χ4v) is 4.29. The number of halogens is 1. The van der Waals surface area contributed by atoms with Crippen LogP contribution in [0.1, 0.15) is 0 Å². The van der Waals surface area contributed by atoms with E-state index in [1.54, 1.807) is 0 Å². The average Bonchev–Trinajstić information content (AvgIpc) is 3.02. The first kappa shape index (κ1) is 14.6. The van der Waals surface area contributed by atoms with Gasteiger partial charge in [-0.1, -0.05) is 48.0 Å². The van der Waals surface area contributed by atoms with Gasteiger partial charge in [-0.15, -0.1) is 11.3 Å². The molecule has 0 aliphatic carbocycles. The molecule has 0 radical (unpaired) electrons. The molecule has 3 nitrogen and oxygen atoms in total. The Bertz CT molecular complexity index is 1230. The number of fused-ring (bicyclic) bond motifs is 4. The van der Waals surface area contributed by atoms with Crippen molar-refractivity contribution in [1.29, 1.82) is 0 Å². The number of rotatable bonds is 2. The molecule has 120 valence electrons. The molecular weight excluding hydrogens is 350 g/mol. The Morgan fingerprint density at radius 3 is 2.40 bits per heavy atom. The molecule has 0 aliphatic rings. The first-order valence-electron chi connectivity index (χ1n) is 7.89. The lowest BCUT2D eigenvalue weighted by Crippen LogP contribution is -1.95. The number of nitrogens with zero attached hydrogens (tertiary/aromatic N) is 2. The van der Waals surface area contributed by atoms with E-state index < -0.39 is 0 Å². The van der Waals surface area contributed by atoms with Gasteiger partial charge in [0.2, 0.25) is 0 Å². The van der Waals surface area contributed by atoms with Crippen molar-refractivity contribution in [3.8, 4) is 0 Å². The molecule has 5 rings (SSSR count). The highest BCUT2D eigenvalue weighted by atomic mass is 35.5. The van der Waals surface area contributed by atoms with E-state index in [9.17, 15) is 0 Å². The van der Waals surface area contributed by atoms with Gasteiger partial charge in [0.05, 0.1) is 26.9 Å². The maximum Gasteiger partial charge on any atom is 0.184 e. The molecule has 0 aliphatic heterocycles. The second kappa shape index (κ2) is 5.69. The Kier molecular flexibility index (Phi) is 3.33. The first-order chi connectivity index (χ1) is 12.3. The summed E-state index contributed by atoms with van der Waals surface area (Å²) in [5.74, 6) is 0. The molecule has 0 bridgehead atoms. The van der Waals surface area contributed by atoms with E-state index >= 15 is 0 Å². The van der Waals surface area contributed by atoms with E-state index in [4.69, 9.17) is 16.6 Å². The zero-order valence-corrected chi connectivity index (χ0v) is 14.6. The van der Waals surface area contributed by atoms with Crippen molar-refractivity contribution in [2.75, 3.05) is 5.32 Å². The van der Waals surface area contributed by atoms with Crippen LogP contribution in [0.4, 0.5) is 11.4 Å². The zero-order chi connectivity index (χ0) is 16.8. The third-order valence-electron chi connectivity index (χ3n) is 4.22. The summed E-state index contributed by atoms with van der Waals surface area (Å²) < 4.78 is 1.60. The van der Waals surface area contributed by atoms with Gasteiger partial charge in [0.1, 0.15) is 0 Å². The molecule has 5 heteroatoms. The van der Waals surface area contributed by atoms with Crippen LogP contribution in [0.2, 0.25) is 4.47 Å². The summed E-state index contributed by atoms with van der Waals surface area (Å²) in [4.78, 5) is 9.26. The molecule has 2 aromatic heterocycles. The topological polar surface area (TPSA) is 37.8 Å². The van der Waals surface area contributed by atoms with E-state index in [0.717, 1.165) is 43.4 Å². The Morgan fingerprint density at radius 2 is 1.52 bits per heavy atom. The summed E-state index contributed by atoms with van der Waals surface area (Å²) in [6.07, 6.45) is 0. The van der Waals surface area contributed by atoms with Crippen LogP contribution in [0, 0.1) is 0 Å². The maximum absolute atomic E-state index is 6.18. The van der Waals surface area contributed by atoms with E-state index in [1.807, 2.05) is 48.5 Å². The predicted octanol–water partition coefficient (Wildman–Crippen LogP) is 6.39.